The Kier molecular flexibility index (Phi) is 3.99. The van der Waals surface area contributed by atoms with Crippen molar-refractivity contribution in [3.63, 3.8) is 0 Å². The highest BCUT2D eigenvalue weighted by molar-refractivity contribution is 7.10. The van der Waals surface area contributed by atoms with Crippen LogP contribution in [0.5, 0.6) is 5.75 Å². The molecule has 0 aliphatic carbocycles. The zero-order valence-electron chi connectivity index (χ0n) is 9.57. The van der Waals surface area contributed by atoms with Gasteiger partial charge < -0.3 is 4.74 Å². The Labute approximate surface area is 113 Å². The molecule has 2 aromatic rings. The van der Waals surface area contributed by atoms with Crippen LogP contribution in [0.3, 0.4) is 0 Å². The van der Waals surface area contributed by atoms with Gasteiger partial charge in [0.1, 0.15) is 18.2 Å². The van der Waals surface area contributed by atoms with Crippen LogP contribution in [0.25, 0.3) is 0 Å². The van der Waals surface area contributed by atoms with Crippen molar-refractivity contribution in [2.45, 2.75) is 13.5 Å². The van der Waals surface area contributed by atoms with Crippen molar-refractivity contribution in [2.75, 3.05) is 0 Å². The van der Waals surface area contributed by atoms with Crippen LogP contribution >= 0.6 is 22.9 Å². The van der Waals surface area contributed by atoms with Crippen molar-refractivity contribution in [1.82, 2.24) is 0 Å². The number of rotatable bonds is 4. The average molecular weight is 285 g/mol. The molecule has 2 nitrogen and oxygen atoms in total. The first-order valence-electron chi connectivity index (χ1n) is 5.23. The summed E-state index contributed by atoms with van der Waals surface area (Å²) in [6.07, 6.45) is 0. The van der Waals surface area contributed by atoms with E-state index in [0.29, 0.717) is 10.8 Å². The molecular weight excluding hydrogens is 275 g/mol. The first-order chi connectivity index (χ1) is 8.58. The quantitative estimate of drug-likeness (QED) is 0.782. The normalized spacial score (nSPS) is 10.4. The number of hydrogen-bond acceptors (Lipinski definition) is 3. The van der Waals surface area contributed by atoms with Crippen molar-refractivity contribution in [3.8, 4) is 5.75 Å². The van der Waals surface area contributed by atoms with Gasteiger partial charge in [-0.15, -0.1) is 11.3 Å². The summed E-state index contributed by atoms with van der Waals surface area (Å²) in [4.78, 5) is 12.0. The van der Waals surface area contributed by atoms with Gasteiger partial charge in [0.25, 0.3) is 0 Å². The minimum atomic E-state index is -0.572. The van der Waals surface area contributed by atoms with Gasteiger partial charge in [-0.2, -0.15) is 0 Å². The van der Waals surface area contributed by atoms with Crippen LogP contribution in [0, 0.1) is 5.82 Å². The summed E-state index contributed by atoms with van der Waals surface area (Å²) in [6, 6.07) is 5.98. The summed E-state index contributed by atoms with van der Waals surface area (Å²) < 4.78 is 18.9. The van der Waals surface area contributed by atoms with E-state index >= 15 is 0 Å². The van der Waals surface area contributed by atoms with Gasteiger partial charge in [0.15, 0.2) is 5.78 Å². The van der Waals surface area contributed by atoms with Crippen molar-refractivity contribution in [3.05, 3.63) is 50.9 Å². The van der Waals surface area contributed by atoms with Crippen LogP contribution in [0.2, 0.25) is 5.02 Å². The second-order valence-corrected chi connectivity index (χ2v) is 5.09. The van der Waals surface area contributed by atoms with E-state index in [-0.39, 0.29) is 18.0 Å². The van der Waals surface area contributed by atoms with E-state index in [1.165, 1.54) is 30.4 Å². The van der Waals surface area contributed by atoms with E-state index in [1.807, 2.05) is 5.38 Å². The molecule has 0 atom stereocenters. The monoisotopic (exact) mass is 284 g/mol. The van der Waals surface area contributed by atoms with E-state index in [9.17, 15) is 9.18 Å². The molecule has 0 aliphatic heterocycles. The molecular formula is C13H10ClFO2S. The number of carbonyl (C=O) groups is 1. The fourth-order valence-corrected chi connectivity index (χ4v) is 2.45. The first-order valence-corrected chi connectivity index (χ1v) is 6.49. The predicted octanol–water partition coefficient (Wildman–Crippen LogP) is 4.32. The van der Waals surface area contributed by atoms with Gasteiger partial charge >= 0.3 is 0 Å². The van der Waals surface area contributed by atoms with E-state index in [0.717, 1.165) is 4.88 Å². The Balaban J connectivity index is 2.09. The minimum absolute atomic E-state index is 0.0662. The standard InChI is InChI=1S/C13H10ClFO2S/c1-8(16)10-3-2-9(6-12(10)15)17-7-13-11(14)4-5-18-13/h2-6H,7H2,1H3. The molecule has 0 fully saturated rings. The Morgan fingerprint density at radius 2 is 2.22 bits per heavy atom. The second kappa shape index (κ2) is 5.50. The van der Waals surface area contributed by atoms with Crippen LogP contribution < -0.4 is 4.74 Å². The number of ether oxygens (including phenoxy) is 1. The van der Waals surface area contributed by atoms with E-state index < -0.39 is 5.82 Å². The van der Waals surface area contributed by atoms with Gasteiger partial charge in [-0.05, 0) is 30.5 Å². The highest BCUT2D eigenvalue weighted by Crippen LogP contribution is 2.24. The van der Waals surface area contributed by atoms with Crippen LogP contribution in [0.1, 0.15) is 22.2 Å². The summed E-state index contributed by atoms with van der Waals surface area (Å²) >= 11 is 7.39. The molecule has 0 bridgehead atoms. The smallest absolute Gasteiger partial charge is 0.162 e. The van der Waals surface area contributed by atoms with E-state index in [1.54, 1.807) is 12.1 Å². The largest absolute Gasteiger partial charge is 0.488 e. The Morgan fingerprint density at radius 3 is 2.78 bits per heavy atom. The molecule has 0 saturated heterocycles. The highest BCUT2D eigenvalue weighted by atomic mass is 35.5. The van der Waals surface area contributed by atoms with Crippen molar-refractivity contribution in [1.29, 1.82) is 0 Å². The van der Waals surface area contributed by atoms with Crippen LogP contribution in [0.15, 0.2) is 29.6 Å². The third-order valence-corrected chi connectivity index (χ3v) is 3.74. The van der Waals surface area contributed by atoms with Crippen molar-refractivity contribution >= 4 is 28.7 Å². The van der Waals surface area contributed by atoms with Crippen LogP contribution in [-0.2, 0) is 6.61 Å². The summed E-state index contributed by atoms with van der Waals surface area (Å²) in [5, 5.41) is 2.50. The molecule has 0 unspecified atom stereocenters. The third kappa shape index (κ3) is 2.89. The predicted molar refractivity (Wildman–Crippen MR) is 70.1 cm³/mol. The van der Waals surface area contributed by atoms with Crippen LogP contribution in [-0.4, -0.2) is 5.78 Å². The van der Waals surface area contributed by atoms with Gasteiger partial charge in [-0.1, -0.05) is 11.6 Å². The fourth-order valence-electron chi connectivity index (χ4n) is 1.45. The third-order valence-electron chi connectivity index (χ3n) is 2.38. The minimum Gasteiger partial charge on any atom is -0.488 e. The van der Waals surface area contributed by atoms with Crippen molar-refractivity contribution < 1.29 is 13.9 Å². The first kappa shape index (κ1) is 13.1. The topological polar surface area (TPSA) is 26.3 Å². The molecule has 18 heavy (non-hydrogen) atoms. The summed E-state index contributed by atoms with van der Waals surface area (Å²) in [5.41, 5.74) is 0.0662. The fraction of sp³-hybridized carbons (Fsp3) is 0.154. The molecule has 2 rings (SSSR count). The zero-order valence-corrected chi connectivity index (χ0v) is 11.1. The molecule has 5 heteroatoms. The number of ketones is 1. The van der Waals surface area contributed by atoms with Crippen LogP contribution in [0.4, 0.5) is 4.39 Å². The van der Waals surface area contributed by atoms with Crippen molar-refractivity contribution in [2.24, 2.45) is 0 Å². The molecule has 1 aromatic carbocycles. The summed E-state index contributed by atoms with van der Waals surface area (Å²) in [5.74, 6) is -0.500. The molecule has 0 aliphatic rings. The highest BCUT2D eigenvalue weighted by Gasteiger charge is 2.09. The molecule has 0 N–H and O–H groups in total. The van der Waals surface area contributed by atoms with E-state index in [2.05, 4.69) is 0 Å². The zero-order chi connectivity index (χ0) is 13.1. The number of benzene rings is 1. The lowest BCUT2D eigenvalue weighted by molar-refractivity contribution is 0.101. The van der Waals surface area contributed by atoms with Gasteiger partial charge in [0.05, 0.1) is 15.5 Å². The number of halogens is 2. The number of carbonyl (C=O) groups excluding carboxylic acids is 1. The molecule has 1 aromatic heterocycles. The van der Waals surface area contributed by atoms with Gasteiger partial charge in [-0.25, -0.2) is 4.39 Å². The lowest BCUT2D eigenvalue weighted by Crippen LogP contribution is -1.99. The molecule has 94 valence electrons. The Bertz CT molecular complexity index is 580. The lowest BCUT2D eigenvalue weighted by Gasteiger charge is -2.06. The van der Waals surface area contributed by atoms with E-state index in [4.69, 9.17) is 16.3 Å². The van der Waals surface area contributed by atoms with Gasteiger partial charge in [0, 0.05) is 6.07 Å². The second-order valence-electron chi connectivity index (χ2n) is 3.68. The maximum Gasteiger partial charge on any atom is 0.162 e. The Morgan fingerprint density at radius 1 is 1.44 bits per heavy atom. The van der Waals surface area contributed by atoms with Gasteiger partial charge in [0.2, 0.25) is 0 Å². The maximum absolute atomic E-state index is 13.5. The number of thiophene rings is 1. The number of hydrogen-bond donors (Lipinski definition) is 0. The molecule has 0 saturated carbocycles. The Hall–Kier alpha value is -1.39. The molecule has 0 spiro atoms. The summed E-state index contributed by atoms with van der Waals surface area (Å²) in [6.45, 7) is 1.61. The maximum atomic E-state index is 13.5. The lowest BCUT2D eigenvalue weighted by atomic mass is 10.1. The number of Topliss-reactive ketones (excluding diaryl/α,β-unsaturated/α-hetero) is 1. The molecule has 0 radical (unpaired) electrons. The van der Waals surface area contributed by atoms with Gasteiger partial charge in [-0.3, -0.25) is 4.79 Å². The summed E-state index contributed by atoms with van der Waals surface area (Å²) in [7, 11) is 0. The molecule has 0 amide bonds. The molecule has 1 heterocycles. The SMILES string of the molecule is CC(=O)c1ccc(OCc2sccc2Cl)cc1F. The average Bonchev–Trinajstić information content (AvgIpc) is 2.72.